The van der Waals surface area contributed by atoms with E-state index < -0.39 is 0 Å². The van der Waals surface area contributed by atoms with Crippen LogP contribution in [-0.2, 0) is 4.79 Å². The second kappa shape index (κ2) is 5.85. The highest BCUT2D eigenvalue weighted by atomic mass is 16.2. The number of nitrogens with zero attached hydrogens (tertiary/aromatic N) is 1. The van der Waals surface area contributed by atoms with Gasteiger partial charge in [-0.15, -0.1) is 0 Å². The molecule has 1 fully saturated rings. The number of hydrogen-bond acceptors (Lipinski definition) is 2. The van der Waals surface area contributed by atoms with Crippen molar-refractivity contribution in [2.45, 2.75) is 59.4 Å². The van der Waals surface area contributed by atoms with Crippen LogP contribution in [0.15, 0.2) is 0 Å². The minimum absolute atomic E-state index is 0.00184. The standard InChI is InChI=1S/C14H28N2O/c1-5-14(4)6-8-16(9-7-14)13(17)10-12(15)11(2)3/h11-12H,5-10,15H2,1-4H3. The van der Waals surface area contributed by atoms with Crippen LogP contribution in [0.1, 0.15) is 53.4 Å². The summed E-state index contributed by atoms with van der Waals surface area (Å²) in [5.41, 5.74) is 6.40. The maximum Gasteiger partial charge on any atom is 0.224 e. The molecule has 1 unspecified atom stereocenters. The van der Waals surface area contributed by atoms with Gasteiger partial charge in [-0.05, 0) is 24.2 Å². The van der Waals surface area contributed by atoms with Crippen molar-refractivity contribution in [2.75, 3.05) is 13.1 Å². The van der Waals surface area contributed by atoms with E-state index in [0.29, 0.717) is 17.8 Å². The Morgan fingerprint density at radius 1 is 1.35 bits per heavy atom. The molecule has 1 aliphatic rings. The molecule has 17 heavy (non-hydrogen) atoms. The molecule has 1 atom stereocenters. The number of piperidine rings is 1. The zero-order valence-corrected chi connectivity index (χ0v) is 11.8. The van der Waals surface area contributed by atoms with Gasteiger partial charge in [0.2, 0.25) is 5.91 Å². The van der Waals surface area contributed by atoms with Gasteiger partial charge >= 0.3 is 0 Å². The third-order valence-corrected chi connectivity index (χ3v) is 4.44. The highest BCUT2D eigenvalue weighted by molar-refractivity contribution is 5.76. The molecule has 0 radical (unpaired) electrons. The second-order valence-electron chi connectivity index (χ2n) is 6.16. The SMILES string of the molecule is CCC1(C)CCN(C(=O)CC(N)C(C)C)CC1. The quantitative estimate of drug-likeness (QED) is 0.820. The topological polar surface area (TPSA) is 46.3 Å². The summed E-state index contributed by atoms with van der Waals surface area (Å²) in [6.45, 7) is 10.5. The molecule has 1 saturated heterocycles. The molecular weight excluding hydrogens is 212 g/mol. The van der Waals surface area contributed by atoms with E-state index in [4.69, 9.17) is 5.73 Å². The third-order valence-electron chi connectivity index (χ3n) is 4.44. The minimum atomic E-state index is 0.00184. The predicted molar refractivity (Wildman–Crippen MR) is 71.6 cm³/mol. The number of likely N-dealkylation sites (tertiary alicyclic amines) is 1. The van der Waals surface area contributed by atoms with E-state index in [-0.39, 0.29) is 11.9 Å². The summed E-state index contributed by atoms with van der Waals surface area (Å²) in [4.78, 5) is 14.1. The number of carbonyl (C=O) groups excluding carboxylic acids is 1. The van der Waals surface area contributed by atoms with Gasteiger partial charge in [-0.25, -0.2) is 0 Å². The summed E-state index contributed by atoms with van der Waals surface area (Å²) in [5, 5.41) is 0. The monoisotopic (exact) mass is 240 g/mol. The van der Waals surface area contributed by atoms with Crippen molar-refractivity contribution in [1.82, 2.24) is 4.90 Å². The molecule has 0 aromatic carbocycles. The van der Waals surface area contributed by atoms with Crippen LogP contribution in [0.2, 0.25) is 0 Å². The number of hydrogen-bond donors (Lipinski definition) is 1. The lowest BCUT2D eigenvalue weighted by atomic mass is 9.78. The van der Waals surface area contributed by atoms with Gasteiger partial charge in [-0.2, -0.15) is 0 Å². The fraction of sp³-hybridized carbons (Fsp3) is 0.929. The fourth-order valence-electron chi connectivity index (χ4n) is 2.22. The molecule has 1 heterocycles. The van der Waals surface area contributed by atoms with Gasteiger partial charge in [-0.1, -0.05) is 34.1 Å². The molecule has 1 aliphatic heterocycles. The van der Waals surface area contributed by atoms with Crippen molar-refractivity contribution >= 4 is 5.91 Å². The van der Waals surface area contributed by atoms with Crippen molar-refractivity contribution in [3.05, 3.63) is 0 Å². The lowest BCUT2D eigenvalue weighted by Crippen LogP contribution is -2.44. The maximum absolute atomic E-state index is 12.1. The Balaban J connectivity index is 2.41. The molecule has 0 aliphatic carbocycles. The van der Waals surface area contributed by atoms with Crippen molar-refractivity contribution < 1.29 is 4.79 Å². The molecule has 0 bridgehead atoms. The van der Waals surface area contributed by atoms with Gasteiger partial charge < -0.3 is 10.6 Å². The van der Waals surface area contributed by atoms with Gasteiger partial charge in [0.1, 0.15) is 0 Å². The molecule has 3 nitrogen and oxygen atoms in total. The Hall–Kier alpha value is -0.570. The predicted octanol–water partition coefficient (Wildman–Crippen LogP) is 2.40. The van der Waals surface area contributed by atoms with E-state index >= 15 is 0 Å². The van der Waals surface area contributed by atoms with Crippen molar-refractivity contribution in [3.8, 4) is 0 Å². The first-order valence-corrected chi connectivity index (χ1v) is 6.91. The number of rotatable bonds is 4. The van der Waals surface area contributed by atoms with Gasteiger partial charge in [0.15, 0.2) is 0 Å². The molecule has 3 heteroatoms. The molecule has 0 saturated carbocycles. The molecule has 2 N–H and O–H groups in total. The van der Waals surface area contributed by atoms with Gasteiger partial charge in [0.25, 0.3) is 0 Å². The molecule has 0 aromatic rings. The summed E-state index contributed by atoms with van der Waals surface area (Å²) in [7, 11) is 0. The lowest BCUT2D eigenvalue weighted by molar-refractivity contribution is -0.134. The Bertz CT molecular complexity index is 255. The van der Waals surface area contributed by atoms with Crippen LogP contribution >= 0.6 is 0 Å². The second-order valence-corrected chi connectivity index (χ2v) is 6.16. The van der Waals surface area contributed by atoms with Crippen molar-refractivity contribution in [1.29, 1.82) is 0 Å². The molecule has 0 spiro atoms. The largest absolute Gasteiger partial charge is 0.343 e. The van der Waals surface area contributed by atoms with E-state index in [0.717, 1.165) is 25.9 Å². The van der Waals surface area contributed by atoms with Crippen LogP contribution in [0.4, 0.5) is 0 Å². The first-order valence-electron chi connectivity index (χ1n) is 6.91. The highest BCUT2D eigenvalue weighted by Gasteiger charge is 2.30. The van der Waals surface area contributed by atoms with Gasteiger partial charge in [0.05, 0.1) is 0 Å². The van der Waals surface area contributed by atoms with Crippen LogP contribution < -0.4 is 5.73 Å². The summed E-state index contributed by atoms with van der Waals surface area (Å²) < 4.78 is 0. The smallest absolute Gasteiger partial charge is 0.224 e. The summed E-state index contributed by atoms with van der Waals surface area (Å²) >= 11 is 0. The molecule has 1 rings (SSSR count). The van der Waals surface area contributed by atoms with Crippen molar-refractivity contribution in [2.24, 2.45) is 17.1 Å². The summed E-state index contributed by atoms with van der Waals surface area (Å²) in [6.07, 6.45) is 3.97. The Kier molecular flexibility index (Phi) is 4.99. The van der Waals surface area contributed by atoms with E-state index in [1.165, 1.54) is 6.42 Å². The molecule has 1 amide bonds. The van der Waals surface area contributed by atoms with Crippen LogP contribution in [0.3, 0.4) is 0 Å². The Labute approximate surface area is 106 Å². The summed E-state index contributed by atoms with van der Waals surface area (Å²) in [6, 6.07) is 0.00184. The van der Waals surface area contributed by atoms with Crippen LogP contribution in [-0.4, -0.2) is 29.9 Å². The normalized spacial score (nSPS) is 21.6. The minimum Gasteiger partial charge on any atom is -0.343 e. The van der Waals surface area contributed by atoms with Crippen LogP contribution in [0.5, 0.6) is 0 Å². The highest BCUT2D eigenvalue weighted by Crippen LogP contribution is 2.34. The zero-order chi connectivity index (χ0) is 13.1. The van der Waals surface area contributed by atoms with E-state index in [1.807, 2.05) is 4.90 Å². The molecule has 0 aromatic heterocycles. The van der Waals surface area contributed by atoms with Crippen LogP contribution in [0.25, 0.3) is 0 Å². The fourth-order valence-corrected chi connectivity index (χ4v) is 2.22. The Morgan fingerprint density at radius 2 is 1.88 bits per heavy atom. The third kappa shape index (κ3) is 3.98. The first kappa shape index (κ1) is 14.5. The number of nitrogens with two attached hydrogens (primary N) is 1. The van der Waals surface area contributed by atoms with E-state index in [2.05, 4.69) is 27.7 Å². The average molecular weight is 240 g/mol. The first-order chi connectivity index (χ1) is 7.88. The lowest BCUT2D eigenvalue weighted by Gasteiger charge is -2.39. The maximum atomic E-state index is 12.1. The number of amides is 1. The van der Waals surface area contributed by atoms with Gasteiger partial charge in [-0.3, -0.25) is 4.79 Å². The average Bonchev–Trinajstić information content (AvgIpc) is 2.29. The summed E-state index contributed by atoms with van der Waals surface area (Å²) in [5.74, 6) is 0.619. The number of carbonyl (C=O) groups is 1. The molecular formula is C14H28N2O. The molecule has 100 valence electrons. The van der Waals surface area contributed by atoms with E-state index in [1.54, 1.807) is 0 Å². The Morgan fingerprint density at radius 3 is 2.29 bits per heavy atom. The van der Waals surface area contributed by atoms with Crippen molar-refractivity contribution in [3.63, 3.8) is 0 Å². The van der Waals surface area contributed by atoms with Gasteiger partial charge in [0, 0.05) is 25.6 Å². The van der Waals surface area contributed by atoms with Crippen LogP contribution in [0, 0.1) is 11.3 Å². The van der Waals surface area contributed by atoms with E-state index in [9.17, 15) is 4.79 Å². The zero-order valence-electron chi connectivity index (χ0n) is 11.8.